The van der Waals surface area contributed by atoms with Crippen molar-refractivity contribution in [2.45, 2.75) is 82.8 Å². The summed E-state index contributed by atoms with van der Waals surface area (Å²) in [6, 6.07) is 0. The summed E-state index contributed by atoms with van der Waals surface area (Å²) >= 11 is 0. The van der Waals surface area contributed by atoms with Gasteiger partial charge in [-0.1, -0.05) is 13.3 Å². The number of carbonyl (C=O) groups is 1. The molecule has 0 aromatic heterocycles. The van der Waals surface area contributed by atoms with Crippen LogP contribution in [0.2, 0.25) is 0 Å². The topological polar surface area (TPSA) is 57.5 Å². The standard InChI is InChI=1S/C19H28O3/c1-16-5-2-3-13(16)14-4-6-17-10-12(20)9-15(21)18(17,11-17)19(14,22)8-7-16/h13-15,21-22H,2-11H2,1H3/t13-,14-,15?,16-,17?,18-,19?/m0/s1. The number of carbonyl (C=O) groups excluding carboxylic acids is 1. The predicted octanol–water partition coefficient (Wildman–Crippen LogP) is 2.83. The smallest absolute Gasteiger partial charge is 0.136 e. The monoisotopic (exact) mass is 304 g/mol. The van der Waals surface area contributed by atoms with E-state index in [1.165, 1.54) is 19.3 Å². The molecule has 0 aliphatic heterocycles. The minimum Gasteiger partial charge on any atom is -0.392 e. The van der Waals surface area contributed by atoms with E-state index in [1.54, 1.807) is 0 Å². The fourth-order valence-electron chi connectivity index (χ4n) is 8.00. The second kappa shape index (κ2) is 3.80. The van der Waals surface area contributed by atoms with E-state index in [1.807, 2.05) is 0 Å². The Morgan fingerprint density at radius 3 is 2.73 bits per heavy atom. The first-order chi connectivity index (χ1) is 10.4. The first-order valence-corrected chi connectivity index (χ1v) is 9.29. The van der Waals surface area contributed by atoms with Gasteiger partial charge in [0.15, 0.2) is 0 Å². The maximum atomic E-state index is 12.0. The molecule has 5 fully saturated rings. The highest BCUT2D eigenvalue weighted by molar-refractivity contribution is 5.82. The molecule has 3 heteroatoms. The van der Waals surface area contributed by atoms with E-state index in [0.29, 0.717) is 23.7 Å². The van der Waals surface area contributed by atoms with Crippen molar-refractivity contribution in [2.24, 2.45) is 28.1 Å². The number of aliphatic hydroxyl groups excluding tert-OH is 1. The Hall–Kier alpha value is -0.410. The van der Waals surface area contributed by atoms with Crippen molar-refractivity contribution < 1.29 is 15.0 Å². The van der Waals surface area contributed by atoms with Crippen molar-refractivity contribution in [1.82, 2.24) is 0 Å². The lowest BCUT2D eigenvalue weighted by Gasteiger charge is -2.60. The lowest BCUT2D eigenvalue weighted by atomic mass is 9.47. The van der Waals surface area contributed by atoms with Crippen molar-refractivity contribution in [3.63, 3.8) is 0 Å². The van der Waals surface area contributed by atoms with E-state index in [-0.39, 0.29) is 23.0 Å². The third-order valence-corrected chi connectivity index (χ3v) is 9.00. The van der Waals surface area contributed by atoms with Crippen LogP contribution >= 0.6 is 0 Å². The first kappa shape index (κ1) is 14.0. The number of Topliss-reactive ketones (excluding diaryl/α,β-unsaturated/α-hetero) is 1. The second-order valence-corrected chi connectivity index (χ2v) is 9.59. The number of hydrogen-bond acceptors (Lipinski definition) is 3. The summed E-state index contributed by atoms with van der Waals surface area (Å²) in [4.78, 5) is 12.0. The summed E-state index contributed by atoms with van der Waals surface area (Å²) in [6.45, 7) is 2.43. The van der Waals surface area contributed by atoms with Crippen LogP contribution < -0.4 is 0 Å². The number of fused-ring (bicyclic) bond motifs is 3. The summed E-state index contributed by atoms with van der Waals surface area (Å²) in [5.74, 6) is 1.19. The van der Waals surface area contributed by atoms with Crippen molar-refractivity contribution in [2.75, 3.05) is 0 Å². The highest BCUT2D eigenvalue weighted by atomic mass is 16.3. The predicted molar refractivity (Wildman–Crippen MR) is 82.1 cm³/mol. The van der Waals surface area contributed by atoms with Gasteiger partial charge >= 0.3 is 0 Å². The molecule has 5 saturated carbocycles. The van der Waals surface area contributed by atoms with Crippen LogP contribution in [0.25, 0.3) is 0 Å². The molecule has 0 spiro atoms. The third-order valence-electron chi connectivity index (χ3n) is 9.00. The molecular weight excluding hydrogens is 276 g/mol. The molecule has 0 bridgehead atoms. The van der Waals surface area contributed by atoms with Gasteiger partial charge in [0.25, 0.3) is 0 Å². The van der Waals surface area contributed by atoms with Crippen molar-refractivity contribution in [3.05, 3.63) is 0 Å². The van der Waals surface area contributed by atoms with E-state index in [4.69, 9.17) is 0 Å². The molecule has 2 N–H and O–H groups in total. The lowest BCUT2D eigenvalue weighted by Crippen LogP contribution is -2.63. The van der Waals surface area contributed by atoms with Crippen LogP contribution in [0.4, 0.5) is 0 Å². The van der Waals surface area contributed by atoms with Gasteiger partial charge in [-0.05, 0) is 67.6 Å². The third kappa shape index (κ3) is 1.28. The molecule has 0 aromatic rings. The van der Waals surface area contributed by atoms with Gasteiger partial charge < -0.3 is 10.2 Å². The zero-order valence-electron chi connectivity index (χ0n) is 13.6. The average Bonchev–Trinajstić information content (AvgIpc) is 3.01. The summed E-state index contributed by atoms with van der Waals surface area (Å²) in [5.41, 5.74) is -0.697. The lowest BCUT2D eigenvalue weighted by molar-refractivity contribution is -0.217. The van der Waals surface area contributed by atoms with Gasteiger partial charge in [-0.15, -0.1) is 0 Å². The Labute approximate surface area is 132 Å². The number of hydrogen-bond donors (Lipinski definition) is 2. The number of aliphatic hydroxyl groups is 2. The Bertz CT molecular complexity index is 559. The van der Waals surface area contributed by atoms with Crippen LogP contribution in [0.15, 0.2) is 0 Å². The van der Waals surface area contributed by atoms with Gasteiger partial charge in [0.2, 0.25) is 0 Å². The molecule has 0 aromatic carbocycles. The molecule has 3 unspecified atom stereocenters. The van der Waals surface area contributed by atoms with Gasteiger partial charge in [0, 0.05) is 18.3 Å². The summed E-state index contributed by atoms with van der Waals surface area (Å²) < 4.78 is 0. The van der Waals surface area contributed by atoms with Crippen LogP contribution in [0.3, 0.4) is 0 Å². The fourth-order valence-corrected chi connectivity index (χ4v) is 8.00. The Kier molecular flexibility index (Phi) is 2.42. The Morgan fingerprint density at radius 2 is 1.91 bits per heavy atom. The highest BCUT2D eigenvalue weighted by Gasteiger charge is 2.84. The van der Waals surface area contributed by atoms with Crippen LogP contribution in [0, 0.1) is 28.1 Å². The molecule has 5 aliphatic carbocycles. The quantitative estimate of drug-likeness (QED) is 0.723. The largest absolute Gasteiger partial charge is 0.392 e. The van der Waals surface area contributed by atoms with Gasteiger partial charge in [0.05, 0.1) is 11.7 Å². The van der Waals surface area contributed by atoms with E-state index in [2.05, 4.69) is 6.92 Å². The van der Waals surface area contributed by atoms with E-state index < -0.39 is 11.7 Å². The molecule has 5 rings (SSSR count). The molecule has 122 valence electrons. The normalized spacial score (nSPS) is 62.7. The summed E-state index contributed by atoms with van der Waals surface area (Å²) in [7, 11) is 0. The van der Waals surface area contributed by atoms with Crippen molar-refractivity contribution in [3.8, 4) is 0 Å². The molecule has 0 radical (unpaired) electrons. The number of rotatable bonds is 0. The second-order valence-electron chi connectivity index (χ2n) is 9.59. The fraction of sp³-hybridized carbons (Fsp3) is 0.947. The van der Waals surface area contributed by atoms with Gasteiger partial charge in [-0.3, -0.25) is 4.79 Å². The summed E-state index contributed by atoms with van der Waals surface area (Å²) in [5, 5.41) is 22.6. The minimum absolute atomic E-state index is 0.0562. The maximum absolute atomic E-state index is 12.0. The summed E-state index contributed by atoms with van der Waals surface area (Å²) in [6.07, 6.45) is 9.10. The molecule has 0 heterocycles. The van der Waals surface area contributed by atoms with Gasteiger partial charge in [-0.25, -0.2) is 0 Å². The van der Waals surface area contributed by atoms with E-state index >= 15 is 0 Å². The minimum atomic E-state index is -0.708. The molecule has 22 heavy (non-hydrogen) atoms. The average molecular weight is 304 g/mol. The SMILES string of the molecule is C[C@@]12CCC[C@H]1[C@@H]1CCC34CC(=O)CC(O)[C@]3(C4)C1(O)CC2. The molecule has 0 saturated heterocycles. The first-order valence-electron chi connectivity index (χ1n) is 9.29. The number of ketones is 1. The zero-order chi connectivity index (χ0) is 15.4. The van der Waals surface area contributed by atoms with Gasteiger partial charge in [0.1, 0.15) is 5.78 Å². The zero-order valence-corrected chi connectivity index (χ0v) is 13.6. The molecular formula is C19H28O3. The van der Waals surface area contributed by atoms with Crippen LogP contribution in [0.1, 0.15) is 71.1 Å². The Balaban J connectivity index is 1.59. The van der Waals surface area contributed by atoms with E-state index in [0.717, 1.165) is 32.1 Å². The van der Waals surface area contributed by atoms with Crippen LogP contribution in [-0.2, 0) is 4.79 Å². The molecule has 3 nitrogen and oxygen atoms in total. The Morgan fingerprint density at radius 1 is 1.09 bits per heavy atom. The maximum Gasteiger partial charge on any atom is 0.136 e. The van der Waals surface area contributed by atoms with Crippen molar-refractivity contribution >= 4 is 5.78 Å². The van der Waals surface area contributed by atoms with Crippen LogP contribution in [-0.4, -0.2) is 27.7 Å². The van der Waals surface area contributed by atoms with Gasteiger partial charge in [-0.2, -0.15) is 0 Å². The van der Waals surface area contributed by atoms with Crippen LogP contribution in [0.5, 0.6) is 0 Å². The van der Waals surface area contributed by atoms with E-state index in [9.17, 15) is 15.0 Å². The molecule has 5 aliphatic rings. The van der Waals surface area contributed by atoms with Crippen molar-refractivity contribution in [1.29, 1.82) is 0 Å². The molecule has 0 amide bonds. The highest BCUT2D eigenvalue weighted by Crippen LogP contribution is 2.83. The molecule has 7 atom stereocenters.